The van der Waals surface area contributed by atoms with Crippen molar-refractivity contribution < 1.29 is 19.1 Å². The second-order valence-electron chi connectivity index (χ2n) is 9.67. The van der Waals surface area contributed by atoms with Crippen LogP contribution in [0.15, 0.2) is 72.8 Å². The molecular formula is C30H35N3O4. The topological polar surface area (TPSA) is 79.9 Å². The van der Waals surface area contributed by atoms with Gasteiger partial charge >= 0.3 is 0 Å². The van der Waals surface area contributed by atoms with E-state index in [2.05, 4.69) is 17.6 Å². The molecule has 3 aromatic rings. The Morgan fingerprint density at radius 1 is 1.03 bits per heavy atom. The number of amides is 2. The Bertz CT molecular complexity index is 1210. The molecule has 3 atom stereocenters. The number of nitrogens with zero attached hydrogens (tertiary/aromatic N) is 1. The minimum atomic E-state index is -0.233. The first kappa shape index (κ1) is 26.4. The second kappa shape index (κ2) is 12.0. The summed E-state index contributed by atoms with van der Waals surface area (Å²) in [5, 5.41) is 6.41. The van der Waals surface area contributed by atoms with Gasteiger partial charge in [0.1, 0.15) is 12.4 Å². The van der Waals surface area contributed by atoms with Crippen LogP contribution in [0.3, 0.4) is 0 Å². The van der Waals surface area contributed by atoms with Gasteiger partial charge in [-0.2, -0.15) is 0 Å². The van der Waals surface area contributed by atoms with Crippen LogP contribution in [0.25, 0.3) is 11.1 Å². The Hall–Kier alpha value is -3.68. The lowest BCUT2D eigenvalue weighted by Crippen LogP contribution is -2.44. The van der Waals surface area contributed by atoms with Gasteiger partial charge in [0.2, 0.25) is 0 Å². The average Bonchev–Trinajstić information content (AvgIpc) is 2.93. The molecule has 0 bridgehead atoms. The summed E-state index contributed by atoms with van der Waals surface area (Å²) in [4.78, 5) is 27.9. The summed E-state index contributed by atoms with van der Waals surface area (Å²) < 4.78 is 11.8. The summed E-state index contributed by atoms with van der Waals surface area (Å²) in [5.74, 6) is 0.272. The zero-order chi connectivity index (χ0) is 26.4. The van der Waals surface area contributed by atoms with Crippen LogP contribution in [0.5, 0.6) is 5.75 Å². The normalized spacial score (nSPS) is 20.7. The van der Waals surface area contributed by atoms with Crippen molar-refractivity contribution in [1.82, 2.24) is 10.2 Å². The molecule has 0 aromatic heterocycles. The number of hydrogen-bond acceptors (Lipinski definition) is 5. The number of hydrogen-bond donors (Lipinski definition) is 2. The highest BCUT2D eigenvalue weighted by Crippen LogP contribution is 2.27. The van der Waals surface area contributed by atoms with Crippen molar-refractivity contribution >= 4 is 17.5 Å². The van der Waals surface area contributed by atoms with Crippen LogP contribution in [-0.4, -0.2) is 62.7 Å². The van der Waals surface area contributed by atoms with Crippen LogP contribution >= 0.6 is 0 Å². The number of carbonyl (C=O) groups is 2. The highest BCUT2D eigenvalue weighted by atomic mass is 16.5. The standard InChI is InChI=1S/C30H35N3O4/c1-20-17-31-21(2)19-37-27-16-25(14-15-26(27)30(35)33(3)18-28(20)36-4)32-29(34)24-12-10-23(11-13-24)22-8-6-5-7-9-22/h5-16,20-21,28,31H,17-19H2,1-4H3,(H,32,34)/t20-,21-,28-/m1/s1. The van der Waals surface area contributed by atoms with E-state index in [1.807, 2.05) is 49.4 Å². The van der Waals surface area contributed by atoms with E-state index in [4.69, 9.17) is 9.47 Å². The number of likely N-dealkylation sites (N-methyl/N-ethyl adjacent to an activating group) is 1. The van der Waals surface area contributed by atoms with Crippen molar-refractivity contribution in [2.45, 2.75) is 26.0 Å². The first-order valence-corrected chi connectivity index (χ1v) is 12.6. The summed E-state index contributed by atoms with van der Waals surface area (Å²) in [5.41, 5.74) is 3.68. The monoisotopic (exact) mass is 501 g/mol. The summed E-state index contributed by atoms with van der Waals surface area (Å²) in [6.07, 6.45) is -0.0933. The van der Waals surface area contributed by atoms with Crippen LogP contribution in [0.2, 0.25) is 0 Å². The summed E-state index contributed by atoms with van der Waals surface area (Å²) >= 11 is 0. The molecule has 1 aliphatic heterocycles. The fourth-order valence-corrected chi connectivity index (χ4v) is 4.38. The van der Waals surface area contributed by atoms with E-state index >= 15 is 0 Å². The maximum atomic E-state index is 13.3. The quantitative estimate of drug-likeness (QED) is 0.542. The molecular weight excluding hydrogens is 466 g/mol. The Balaban J connectivity index is 1.53. The molecule has 2 N–H and O–H groups in total. The van der Waals surface area contributed by atoms with Gasteiger partial charge in [0.15, 0.2) is 0 Å². The molecule has 37 heavy (non-hydrogen) atoms. The highest BCUT2D eigenvalue weighted by Gasteiger charge is 2.25. The Kier molecular flexibility index (Phi) is 8.58. The molecule has 2 amide bonds. The largest absolute Gasteiger partial charge is 0.491 e. The Morgan fingerprint density at radius 3 is 2.43 bits per heavy atom. The zero-order valence-electron chi connectivity index (χ0n) is 21.9. The molecule has 0 radical (unpaired) electrons. The van der Waals surface area contributed by atoms with Crippen molar-refractivity contribution in [2.75, 3.05) is 39.2 Å². The number of fused-ring (bicyclic) bond motifs is 1. The van der Waals surface area contributed by atoms with Crippen molar-refractivity contribution in [3.05, 3.63) is 83.9 Å². The SMILES string of the molecule is CO[C@@H]1CN(C)C(=O)c2ccc(NC(=O)c3ccc(-c4ccccc4)cc3)cc2OC[C@@H](C)NC[C@H]1C. The smallest absolute Gasteiger partial charge is 0.257 e. The molecule has 194 valence electrons. The number of benzene rings is 3. The molecule has 0 aliphatic carbocycles. The molecule has 7 heteroatoms. The first-order chi connectivity index (χ1) is 17.9. The fraction of sp³-hybridized carbons (Fsp3) is 0.333. The number of carbonyl (C=O) groups excluding carboxylic acids is 2. The van der Waals surface area contributed by atoms with Crippen molar-refractivity contribution in [2.24, 2.45) is 5.92 Å². The van der Waals surface area contributed by atoms with E-state index < -0.39 is 0 Å². The van der Waals surface area contributed by atoms with Crippen molar-refractivity contribution in [3.8, 4) is 16.9 Å². The van der Waals surface area contributed by atoms with Crippen LogP contribution in [-0.2, 0) is 4.74 Å². The van der Waals surface area contributed by atoms with E-state index in [1.165, 1.54) is 0 Å². The average molecular weight is 502 g/mol. The van der Waals surface area contributed by atoms with E-state index in [9.17, 15) is 9.59 Å². The second-order valence-corrected chi connectivity index (χ2v) is 9.67. The van der Waals surface area contributed by atoms with Gasteiger partial charge in [0.25, 0.3) is 11.8 Å². The van der Waals surface area contributed by atoms with Crippen molar-refractivity contribution in [1.29, 1.82) is 0 Å². The molecule has 4 rings (SSSR count). The maximum Gasteiger partial charge on any atom is 0.257 e. The fourth-order valence-electron chi connectivity index (χ4n) is 4.38. The van der Waals surface area contributed by atoms with Gasteiger partial charge in [-0.25, -0.2) is 0 Å². The van der Waals surface area contributed by atoms with Crippen LogP contribution in [0.4, 0.5) is 5.69 Å². The molecule has 0 saturated carbocycles. The predicted molar refractivity (Wildman–Crippen MR) is 146 cm³/mol. The summed E-state index contributed by atoms with van der Waals surface area (Å²) in [7, 11) is 3.44. The molecule has 7 nitrogen and oxygen atoms in total. The van der Waals surface area contributed by atoms with Gasteiger partial charge in [-0.05, 0) is 48.2 Å². The van der Waals surface area contributed by atoms with Gasteiger partial charge < -0.3 is 25.0 Å². The zero-order valence-corrected chi connectivity index (χ0v) is 21.9. The number of ether oxygens (including phenoxy) is 2. The number of rotatable bonds is 4. The number of nitrogens with one attached hydrogen (secondary N) is 2. The maximum absolute atomic E-state index is 13.3. The van der Waals surface area contributed by atoms with Gasteiger partial charge in [0.05, 0.1) is 11.7 Å². The van der Waals surface area contributed by atoms with E-state index in [1.54, 1.807) is 49.4 Å². The minimum absolute atomic E-state index is 0.0708. The van der Waals surface area contributed by atoms with Crippen molar-refractivity contribution in [3.63, 3.8) is 0 Å². The molecule has 0 saturated heterocycles. The van der Waals surface area contributed by atoms with Gasteiger partial charge in [-0.3, -0.25) is 9.59 Å². The van der Waals surface area contributed by atoms with E-state index in [-0.39, 0.29) is 29.9 Å². The van der Waals surface area contributed by atoms with Gasteiger partial charge in [0, 0.05) is 50.6 Å². The predicted octanol–water partition coefficient (Wildman–Crippen LogP) is 4.70. The third kappa shape index (κ3) is 6.56. The van der Waals surface area contributed by atoms with Crippen LogP contribution in [0, 0.1) is 5.92 Å². The molecule has 0 unspecified atom stereocenters. The lowest BCUT2D eigenvalue weighted by molar-refractivity contribution is 0.0281. The number of anilines is 1. The Labute approximate surface area is 218 Å². The molecule has 1 aliphatic rings. The lowest BCUT2D eigenvalue weighted by atomic mass is 10.0. The third-order valence-electron chi connectivity index (χ3n) is 6.74. The molecule has 0 spiro atoms. The van der Waals surface area contributed by atoms with Crippen LogP contribution < -0.4 is 15.4 Å². The van der Waals surface area contributed by atoms with Crippen LogP contribution in [0.1, 0.15) is 34.6 Å². The summed E-state index contributed by atoms with van der Waals surface area (Å²) in [6, 6.07) is 22.7. The van der Waals surface area contributed by atoms with E-state index in [0.717, 1.165) is 17.7 Å². The third-order valence-corrected chi connectivity index (χ3v) is 6.74. The van der Waals surface area contributed by atoms with E-state index in [0.29, 0.717) is 35.7 Å². The van der Waals surface area contributed by atoms with Gasteiger partial charge in [-0.1, -0.05) is 49.4 Å². The molecule has 1 heterocycles. The lowest BCUT2D eigenvalue weighted by Gasteiger charge is -2.30. The first-order valence-electron chi connectivity index (χ1n) is 12.6. The molecule has 0 fully saturated rings. The number of methoxy groups -OCH3 is 1. The molecule has 3 aromatic carbocycles. The Morgan fingerprint density at radius 2 is 1.73 bits per heavy atom. The highest BCUT2D eigenvalue weighted by molar-refractivity contribution is 6.05. The summed E-state index contributed by atoms with van der Waals surface area (Å²) in [6.45, 7) is 5.74. The van der Waals surface area contributed by atoms with Gasteiger partial charge in [-0.15, -0.1) is 0 Å². The minimum Gasteiger partial charge on any atom is -0.491 e.